The molecule has 7 nitrogen and oxygen atoms in total. The van der Waals surface area contributed by atoms with Crippen molar-refractivity contribution < 1.29 is 22.7 Å². The van der Waals surface area contributed by atoms with E-state index < -0.39 is 22.5 Å². The molecule has 0 radical (unpaired) electrons. The monoisotopic (exact) mass is 400 g/mol. The normalized spacial score (nSPS) is 11.3. The number of esters is 1. The summed E-state index contributed by atoms with van der Waals surface area (Å²) < 4.78 is 38.3. The van der Waals surface area contributed by atoms with Crippen LogP contribution in [0.15, 0.2) is 65.7 Å². The average Bonchev–Trinajstić information content (AvgIpc) is 2.72. The molecule has 0 unspecified atom stereocenters. The van der Waals surface area contributed by atoms with Crippen molar-refractivity contribution in [2.75, 3.05) is 13.2 Å². The number of carbonyl (C=O) groups is 1. The first-order valence-corrected chi connectivity index (χ1v) is 10.2. The Hall–Kier alpha value is -2.97. The van der Waals surface area contributed by atoms with Crippen molar-refractivity contribution in [2.24, 2.45) is 0 Å². The molecular weight excluding hydrogens is 380 g/mol. The molecule has 8 heteroatoms. The fourth-order valence-corrected chi connectivity index (χ4v) is 3.81. The van der Waals surface area contributed by atoms with Gasteiger partial charge >= 0.3 is 5.97 Å². The van der Waals surface area contributed by atoms with Crippen molar-refractivity contribution >= 4 is 26.9 Å². The SMILES string of the molecule is CCOc1ccc(S(=O)(=O)NCC(=O)OCc2ccccc2)c2cccnc12. The van der Waals surface area contributed by atoms with Gasteiger partial charge in [-0.3, -0.25) is 9.78 Å². The van der Waals surface area contributed by atoms with Crippen LogP contribution in [0.1, 0.15) is 12.5 Å². The molecule has 2 aromatic carbocycles. The topological polar surface area (TPSA) is 94.6 Å². The number of rotatable bonds is 8. The standard InChI is InChI=1S/C20H20N2O5S/c1-2-26-17-10-11-18(16-9-6-12-21-20(16)17)28(24,25)22-13-19(23)27-14-15-7-4-3-5-8-15/h3-12,22H,2,13-14H2,1H3. The first kappa shape index (κ1) is 19.8. The Morgan fingerprint density at radius 1 is 1.07 bits per heavy atom. The highest BCUT2D eigenvalue weighted by molar-refractivity contribution is 7.89. The summed E-state index contributed by atoms with van der Waals surface area (Å²) in [6.45, 7) is 1.88. The molecular formula is C20H20N2O5S. The van der Waals surface area contributed by atoms with E-state index in [1.54, 1.807) is 24.4 Å². The fourth-order valence-electron chi connectivity index (χ4n) is 2.65. The third-order valence-electron chi connectivity index (χ3n) is 3.93. The number of ether oxygens (including phenoxy) is 2. The van der Waals surface area contributed by atoms with Gasteiger partial charge in [0, 0.05) is 11.6 Å². The number of hydrogen-bond donors (Lipinski definition) is 1. The maximum absolute atomic E-state index is 12.7. The van der Waals surface area contributed by atoms with E-state index >= 15 is 0 Å². The highest BCUT2D eigenvalue weighted by atomic mass is 32.2. The molecule has 28 heavy (non-hydrogen) atoms. The molecule has 3 aromatic rings. The quantitative estimate of drug-likeness (QED) is 0.584. The minimum Gasteiger partial charge on any atom is -0.492 e. The number of hydrogen-bond acceptors (Lipinski definition) is 6. The van der Waals surface area contributed by atoms with Crippen molar-refractivity contribution in [1.82, 2.24) is 9.71 Å². The van der Waals surface area contributed by atoms with Gasteiger partial charge in [0.05, 0.1) is 11.5 Å². The van der Waals surface area contributed by atoms with Crippen molar-refractivity contribution in [2.45, 2.75) is 18.4 Å². The molecule has 0 bridgehead atoms. The molecule has 0 atom stereocenters. The van der Waals surface area contributed by atoms with Crippen LogP contribution in [0, 0.1) is 0 Å². The largest absolute Gasteiger partial charge is 0.492 e. The van der Waals surface area contributed by atoms with Gasteiger partial charge in [-0.2, -0.15) is 4.72 Å². The van der Waals surface area contributed by atoms with E-state index in [0.29, 0.717) is 23.3 Å². The average molecular weight is 400 g/mol. The number of sulfonamides is 1. The van der Waals surface area contributed by atoms with Crippen LogP contribution in [0.3, 0.4) is 0 Å². The molecule has 1 aromatic heterocycles. The van der Waals surface area contributed by atoms with Crippen LogP contribution in [0.5, 0.6) is 5.75 Å². The third kappa shape index (κ3) is 4.65. The van der Waals surface area contributed by atoms with Gasteiger partial charge in [-0.1, -0.05) is 30.3 Å². The number of aromatic nitrogens is 1. The molecule has 0 saturated carbocycles. The Morgan fingerprint density at radius 3 is 2.61 bits per heavy atom. The van der Waals surface area contributed by atoms with Crippen LogP contribution in [-0.4, -0.2) is 32.5 Å². The minimum atomic E-state index is -3.94. The van der Waals surface area contributed by atoms with Crippen molar-refractivity contribution in [3.8, 4) is 5.75 Å². The van der Waals surface area contributed by atoms with E-state index in [0.717, 1.165) is 5.56 Å². The number of benzene rings is 2. The van der Waals surface area contributed by atoms with Gasteiger partial charge in [0.2, 0.25) is 10.0 Å². The molecule has 0 fully saturated rings. The smallest absolute Gasteiger partial charge is 0.321 e. The molecule has 146 valence electrons. The highest BCUT2D eigenvalue weighted by Crippen LogP contribution is 2.29. The number of pyridine rings is 1. The second-order valence-electron chi connectivity index (χ2n) is 5.87. The van der Waals surface area contributed by atoms with Gasteiger partial charge in [-0.05, 0) is 36.8 Å². The molecule has 0 spiro atoms. The lowest BCUT2D eigenvalue weighted by Gasteiger charge is -2.12. The molecule has 1 N–H and O–H groups in total. The molecule has 0 aliphatic heterocycles. The van der Waals surface area contributed by atoms with Crippen molar-refractivity contribution in [1.29, 1.82) is 0 Å². The van der Waals surface area contributed by atoms with E-state index in [4.69, 9.17) is 9.47 Å². The Labute approximate surface area is 163 Å². The molecule has 3 rings (SSSR count). The van der Waals surface area contributed by atoms with Gasteiger partial charge in [0.1, 0.15) is 24.4 Å². The van der Waals surface area contributed by atoms with Crippen LogP contribution in [0.25, 0.3) is 10.9 Å². The summed E-state index contributed by atoms with van der Waals surface area (Å²) in [4.78, 5) is 16.2. The molecule has 0 saturated heterocycles. The Balaban J connectivity index is 1.72. The van der Waals surface area contributed by atoms with E-state index in [-0.39, 0.29) is 11.5 Å². The Morgan fingerprint density at radius 2 is 1.86 bits per heavy atom. The fraction of sp³-hybridized carbons (Fsp3) is 0.200. The van der Waals surface area contributed by atoms with Crippen LogP contribution < -0.4 is 9.46 Å². The molecule has 0 aliphatic rings. The number of carbonyl (C=O) groups excluding carboxylic acids is 1. The maximum Gasteiger partial charge on any atom is 0.321 e. The zero-order valence-electron chi connectivity index (χ0n) is 15.3. The predicted molar refractivity (Wildman–Crippen MR) is 104 cm³/mol. The van der Waals surface area contributed by atoms with Gasteiger partial charge < -0.3 is 9.47 Å². The first-order chi connectivity index (χ1) is 13.5. The van der Waals surface area contributed by atoms with Crippen molar-refractivity contribution in [3.63, 3.8) is 0 Å². The van der Waals surface area contributed by atoms with E-state index in [1.165, 1.54) is 6.07 Å². The summed E-state index contributed by atoms with van der Waals surface area (Å²) in [5.41, 5.74) is 1.26. The number of fused-ring (bicyclic) bond motifs is 1. The predicted octanol–water partition coefficient (Wildman–Crippen LogP) is 2.66. The highest BCUT2D eigenvalue weighted by Gasteiger charge is 2.21. The van der Waals surface area contributed by atoms with Crippen LogP contribution in [-0.2, 0) is 26.2 Å². The summed E-state index contributed by atoms with van der Waals surface area (Å²) >= 11 is 0. The third-order valence-corrected chi connectivity index (χ3v) is 5.39. The van der Waals surface area contributed by atoms with E-state index in [2.05, 4.69) is 9.71 Å². The summed E-state index contributed by atoms with van der Waals surface area (Å²) in [6, 6.07) is 15.4. The van der Waals surface area contributed by atoms with Gasteiger partial charge in [-0.15, -0.1) is 0 Å². The summed E-state index contributed by atoms with van der Waals surface area (Å²) in [5.74, 6) is -0.167. The number of nitrogens with one attached hydrogen (secondary N) is 1. The lowest BCUT2D eigenvalue weighted by molar-refractivity contribution is -0.143. The zero-order chi connectivity index (χ0) is 20.0. The Kier molecular flexibility index (Phi) is 6.23. The maximum atomic E-state index is 12.7. The van der Waals surface area contributed by atoms with Crippen molar-refractivity contribution in [3.05, 3.63) is 66.4 Å². The lowest BCUT2D eigenvalue weighted by atomic mass is 10.2. The second kappa shape index (κ2) is 8.81. The van der Waals surface area contributed by atoms with Gasteiger partial charge in [-0.25, -0.2) is 8.42 Å². The van der Waals surface area contributed by atoms with Crippen LogP contribution in [0.2, 0.25) is 0 Å². The first-order valence-electron chi connectivity index (χ1n) is 8.71. The summed E-state index contributed by atoms with van der Waals surface area (Å²) in [6.07, 6.45) is 1.57. The molecule has 1 heterocycles. The van der Waals surface area contributed by atoms with Gasteiger partial charge in [0.15, 0.2) is 0 Å². The Bertz CT molecular complexity index is 1070. The van der Waals surface area contributed by atoms with E-state index in [9.17, 15) is 13.2 Å². The second-order valence-corrected chi connectivity index (χ2v) is 7.60. The molecule has 0 amide bonds. The van der Waals surface area contributed by atoms with Gasteiger partial charge in [0.25, 0.3) is 0 Å². The lowest BCUT2D eigenvalue weighted by Crippen LogP contribution is -2.30. The minimum absolute atomic E-state index is 0.0231. The number of nitrogens with zero attached hydrogens (tertiary/aromatic N) is 1. The summed E-state index contributed by atoms with van der Waals surface area (Å²) in [5, 5.41) is 0.415. The van der Waals surface area contributed by atoms with E-state index in [1.807, 2.05) is 37.3 Å². The van der Waals surface area contributed by atoms with Crippen LogP contribution in [0.4, 0.5) is 0 Å². The summed E-state index contributed by atoms with van der Waals surface area (Å²) in [7, 11) is -3.94. The molecule has 0 aliphatic carbocycles. The van der Waals surface area contributed by atoms with Crippen LogP contribution >= 0.6 is 0 Å². The zero-order valence-corrected chi connectivity index (χ0v) is 16.1.